The van der Waals surface area contributed by atoms with Gasteiger partial charge in [-0.2, -0.15) is 13.2 Å². The fourth-order valence-electron chi connectivity index (χ4n) is 2.50. The number of rotatable bonds is 8. The van der Waals surface area contributed by atoms with Crippen molar-refractivity contribution in [2.75, 3.05) is 26.1 Å². The van der Waals surface area contributed by atoms with E-state index < -0.39 is 18.7 Å². The first-order valence-electron chi connectivity index (χ1n) is 8.22. The number of carbonyl (C=O) groups is 1. The molecule has 0 radical (unpaired) electrons. The SMILES string of the molecule is COc1cccc(CCC(=O)Nc2cc(Cl)ccc2OCC(F)(F)F)c1OC. The van der Waals surface area contributed by atoms with E-state index in [0.29, 0.717) is 17.9 Å². The van der Waals surface area contributed by atoms with Crippen molar-refractivity contribution >= 4 is 23.2 Å². The molecule has 0 fully saturated rings. The van der Waals surface area contributed by atoms with E-state index in [1.54, 1.807) is 18.2 Å². The average molecular weight is 418 g/mol. The van der Waals surface area contributed by atoms with Crippen LogP contribution in [-0.2, 0) is 11.2 Å². The predicted octanol–water partition coefficient (Wildman–Crippen LogP) is 4.87. The molecule has 0 aliphatic heterocycles. The second kappa shape index (κ2) is 9.54. The number of alkyl halides is 3. The summed E-state index contributed by atoms with van der Waals surface area (Å²) in [7, 11) is 3.01. The fraction of sp³-hybridized carbons (Fsp3) is 0.316. The first-order chi connectivity index (χ1) is 13.2. The highest BCUT2D eigenvalue weighted by Crippen LogP contribution is 2.32. The van der Waals surface area contributed by atoms with Crippen molar-refractivity contribution in [2.45, 2.75) is 19.0 Å². The van der Waals surface area contributed by atoms with Crippen molar-refractivity contribution in [1.82, 2.24) is 0 Å². The van der Waals surface area contributed by atoms with Gasteiger partial charge in [0, 0.05) is 11.4 Å². The summed E-state index contributed by atoms with van der Waals surface area (Å²) in [6.45, 7) is -1.47. The van der Waals surface area contributed by atoms with Crippen LogP contribution in [0.2, 0.25) is 5.02 Å². The van der Waals surface area contributed by atoms with Crippen LogP contribution in [-0.4, -0.2) is 32.9 Å². The molecule has 2 aromatic carbocycles. The molecule has 0 saturated heterocycles. The van der Waals surface area contributed by atoms with Crippen molar-refractivity contribution in [3.63, 3.8) is 0 Å². The molecule has 1 amide bonds. The highest BCUT2D eigenvalue weighted by atomic mass is 35.5. The van der Waals surface area contributed by atoms with Crippen molar-refractivity contribution < 1.29 is 32.2 Å². The molecule has 0 heterocycles. The summed E-state index contributed by atoms with van der Waals surface area (Å²) in [5.74, 6) is 0.533. The van der Waals surface area contributed by atoms with Gasteiger partial charge < -0.3 is 19.5 Å². The van der Waals surface area contributed by atoms with Gasteiger partial charge in [0.05, 0.1) is 19.9 Å². The van der Waals surface area contributed by atoms with Crippen molar-refractivity contribution in [3.8, 4) is 17.2 Å². The van der Waals surface area contributed by atoms with E-state index in [0.717, 1.165) is 5.56 Å². The normalized spacial score (nSPS) is 11.1. The molecule has 0 spiro atoms. The minimum Gasteiger partial charge on any atom is -0.493 e. The maximum absolute atomic E-state index is 12.4. The van der Waals surface area contributed by atoms with Crippen molar-refractivity contribution in [2.24, 2.45) is 0 Å². The van der Waals surface area contributed by atoms with E-state index in [-0.39, 0.29) is 22.9 Å². The lowest BCUT2D eigenvalue weighted by Crippen LogP contribution is -2.20. The van der Waals surface area contributed by atoms with Crippen LogP contribution in [0.5, 0.6) is 17.2 Å². The minimum absolute atomic E-state index is 0.0642. The Kier molecular flexibility index (Phi) is 7.39. The minimum atomic E-state index is -4.50. The molecule has 2 rings (SSSR count). The monoisotopic (exact) mass is 417 g/mol. The third-order valence-corrected chi connectivity index (χ3v) is 3.95. The van der Waals surface area contributed by atoms with Gasteiger partial charge in [-0.3, -0.25) is 4.79 Å². The maximum atomic E-state index is 12.4. The van der Waals surface area contributed by atoms with Crippen LogP contribution in [0.1, 0.15) is 12.0 Å². The maximum Gasteiger partial charge on any atom is 0.422 e. The Morgan fingerprint density at radius 1 is 1.11 bits per heavy atom. The quantitative estimate of drug-likeness (QED) is 0.665. The Hall–Kier alpha value is -2.61. The van der Waals surface area contributed by atoms with Gasteiger partial charge in [-0.15, -0.1) is 0 Å². The summed E-state index contributed by atoms with van der Waals surface area (Å²) in [5.41, 5.74) is 0.830. The Labute approximate surface area is 165 Å². The van der Waals surface area contributed by atoms with Gasteiger partial charge in [-0.25, -0.2) is 0 Å². The molecule has 28 heavy (non-hydrogen) atoms. The molecule has 0 unspecified atom stereocenters. The molecule has 0 saturated carbocycles. The van der Waals surface area contributed by atoms with E-state index in [1.165, 1.54) is 32.4 Å². The van der Waals surface area contributed by atoms with Gasteiger partial charge in [0.1, 0.15) is 5.75 Å². The van der Waals surface area contributed by atoms with Crippen LogP contribution in [0.15, 0.2) is 36.4 Å². The van der Waals surface area contributed by atoms with Crippen LogP contribution in [0.4, 0.5) is 18.9 Å². The molecule has 0 aliphatic rings. The number of para-hydroxylation sites is 1. The van der Waals surface area contributed by atoms with E-state index in [4.69, 9.17) is 25.8 Å². The molecule has 0 aliphatic carbocycles. The number of carbonyl (C=O) groups excluding carboxylic acids is 1. The largest absolute Gasteiger partial charge is 0.493 e. The van der Waals surface area contributed by atoms with E-state index in [1.807, 2.05) is 0 Å². The first-order valence-corrected chi connectivity index (χ1v) is 8.60. The van der Waals surface area contributed by atoms with Crippen LogP contribution >= 0.6 is 11.6 Å². The smallest absolute Gasteiger partial charge is 0.422 e. The Morgan fingerprint density at radius 2 is 1.86 bits per heavy atom. The third-order valence-electron chi connectivity index (χ3n) is 3.71. The Balaban J connectivity index is 2.06. The summed E-state index contributed by atoms with van der Waals surface area (Å²) in [4.78, 5) is 12.3. The zero-order valence-electron chi connectivity index (χ0n) is 15.2. The van der Waals surface area contributed by atoms with Gasteiger partial charge in [-0.05, 0) is 36.2 Å². The number of ether oxygens (including phenoxy) is 3. The van der Waals surface area contributed by atoms with Gasteiger partial charge in [-0.1, -0.05) is 23.7 Å². The Bertz CT molecular complexity index is 827. The number of methoxy groups -OCH3 is 2. The molecular weight excluding hydrogens is 399 g/mol. The standard InChI is InChI=1S/C19H19ClF3NO4/c1-26-16-5-3-4-12(18(16)27-2)6-9-17(25)24-14-10-13(20)7-8-15(14)28-11-19(21,22)23/h3-5,7-8,10H,6,9,11H2,1-2H3,(H,24,25). The third kappa shape index (κ3) is 6.23. The lowest BCUT2D eigenvalue weighted by molar-refractivity contribution is -0.153. The zero-order chi connectivity index (χ0) is 20.7. The number of hydrogen-bond acceptors (Lipinski definition) is 4. The second-order valence-corrected chi connectivity index (χ2v) is 6.18. The highest BCUT2D eigenvalue weighted by molar-refractivity contribution is 6.31. The first kappa shape index (κ1) is 21.7. The summed E-state index contributed by atoms with van der Waals surface area (Å²) >= 11 is 5.88. The number of aryl methyl sites for hydroxylation is 1. The van der Waals surface area contributed by atoms with Crippen LogP contribution in [0.25, 0.3) is 0 Å². The molecule has 152 valence electrons. The molecule has 5 nitrogen and oxygen atoms in total. The average Bonchev–Trinajstić information content (AvgIpc) is 2.64. The van der Waals surface area contributed by atoms with E-state index >= 15 is 0 Å². The van der Waals surface area contributed by atoms with Crippen molar-refractivity contribution in [3.05, 3.63) is 47.0 Å². The number of anilines is 1. The van der Waals surface area contributed by atoms with Gasteiger partial charge in [0.15, 0.2) is 18.1 Å². The van der Waals surface area contributed by atoms with Gasteiger partial charge in [0.25, 0.3) is 0 Å². The summed E-state index contributed by atoms with van der Waals surface area (Å²) in [6.07, 6.45) is -4.09. The van der Waals surface area contributed by atoms with Crippen molar-refractivity contribution in [1.29, 1.82) is 0 Å². The summed E-state index contributed by atoms with van der Waals surface area (Å²) < 4.78 is 52.5. The van der Waals surface area contributed by atoms with E-state index in [9.17, 15) is 18.0 Å². The zero-order valence-corrected chi connectivity index (χ0v) is 16.0. The molecule has 0 atom stereocenters. The van der Waals surface area contributed by atoms with Gasteiger partial charge >= 0.3 is 6.18 Å². The Morgan fingerprint density at radius 3 is 2.50 bits per heavy atom. The summed E-state index contributed by atoms with van der Waals surface area (Å²) in [6, 6.07) is 9.29. The van der Waals surface area contributed by atoms with Gasteiger partial charge in [0.2, 0.25) is 5.91 Å². The molecule has 1 N–H and O–H groups in total. The molecule has 0 aromatic heterocycles. The fourth-order valence-corrected chi connectivity index (χ4v) is 2.67. The van der Waals surface area contributed by atoms with Crippen LogP contribution in [0, 0.1) is 0 Å². The predicted molar refractivity (Wildman–Crippen MR) is 99.5 cm³/mol. The van der Waals surface area contributed by atoms with Crippen LogP contribution < -0.4 is 19.5 Å². The second-order valence-electron chi connectivity index (χ2n) is 5.75. The molecular formula is C19H19ClF3NO4. The number of hydrogen-bond donors (Lipinski definition) is 1. The summed E-state index contributed by atoms with van der Waals surface area (Å²) in [5, 5.41) is 2.79. The molecule has 2 aromatic rings. The molecule has 0 bridgehead atoms. The number of halogens is 4. The topological polar surface area (TPSA) is 56.8 Å². The molecule has 9 heteroatoms. The number of benzene rings is 2. The van der Waals surface area contributed by atoms with E-state index in [2.05, 4.69) is 5.32 Å². The lowest BCUT2D eigenvalue weighted by Gasteiger charge is -2.15. The number of amides is 1. The highest BCUT2D eigenvalue weighted by Gasteiger charge is 2.29. The lowest BCUT2D eigenvalue weighted by atomic mass is 10.1. The number of nitrogens with one attached hydrogen (secondary N) is 1. The van der Waals surface area contributed by atoms with Crippen LogP contribution in [0.3, 0.4) is 0 Å².